The number of nitrogens with two attached hydrogens (primary N) is 1. The maximum absolute atomic E-state index is 14.5. The van der Waals surface area contributed by atoms with Crippen LogP contribution in [0, 0.1) is 5.82 Å². The zero-order valence-electron chi connectivity index (χ0n) is 17.7. The number of imidazole rings is 1. The quantitative estimate of drug-likeness (QED) is 0.532. The van der Waals surface area contributed by atoms with E-state index in [9.17, 15) is 9.18 Å². The Kier molecular flexibility index (Phi) is 6.19. The summed E-state index contributed by atoms with van der Waals surface area (Å²) in [5, 5.41) is 4.51. The number of H-pyrrole nitrogens is 1. The van der Waals surface area contributed by atoms with Gasteiger partial charge in [-0.1, -0.05) is 0 Å². The molecule has 0 bridgehead atoms. The SMILES string of the molecule is CN(C)CCCOc1cc2nc(-c3nn(C4CCCCO4)cc3C(N)=O)[nH]c2cc1F. The second-order valence-electron chi connectivity index (χ2n) is 7.95. The van der Waals surface area contributed by atoms with Crippen molar-refractivity contribution in [3.05, 3.63) is 29.7 Å². The van der Waals surface area contributed by atoms with Gasteiger partial charge in [0.25, 0.3) is 5.91 Å². The molecule has 2 aromatic heterocycles. The maximum atomic E-state index is 14.5. The number of nitrogens with zero attached hydrogens (tertiary/aromatic N) is 4. The summed E-state index contributed by atoms with van der Waals surface area (Å²) in [5.74, 6) is -0.625. The molecule has 10 heteroatoms. The Labute approximate surface area is 179 Å². The van der Waals surface area contributed by atoms with Gasteiger partial charge in [0.15, 0.2) is 17.4 Å². The van der Waals surface area contributed by atoms with E-state index in [-0.39, 0.29) is 17.5 Å². The summed E-state index contributed by atoms with van der Waals surface area (Å²) >= 11 is 0. The van der Waals surface area contributed by atoms with Crippen LogP contribution in [0.25, 0.3) is 22.6 Å². The molecule has 1 unspecified atom stereocenters. The van der Waals surface area contributed by atoms with Crippen molar-refractivity contribution in [2.75, 3.05) is 33.9 Å². The van der Waals surface area contributed by atoms with Crippen LogP contribution in [0.5, 0.6) is 5.75 Å². The molecule has 1 aliphatic heterocycles. The number of benzene rings is 1. The lowest BCUT2D eigenvalue weighted by Gasteiger charge is -2.22. The van der Waals surface area contributed by atoms with Crippen LogP contribution in [-0.2, 0) is 4.74 Å². The molecule has 3 N–H and O–H groups in total. The van der Waals surface area contributed by atoms with Gasteiger partial charge in [-0.05, 0) is 39.8 Å². The fourth-order valence-corrected chi connectivity index (χ4v) is 3.62. The van der Waals surface area contributed by atoms with Crippen LogP contribution in [0.4, 0.5) is 4.39 Å². The molecule has 1 saturated heterocycles. The van der Waals surface area contributed by atoms with Crippen molar-refractivity contribution in [3.63, 3.8) is 0 Å². The number of hydrogen-bond acceptors (Lipinski definition) is 6. The molecule has 9 nitrogen and oxygen atoms in total. The fourth-order valence-electron chi connectivity index (χ4n) is 3.62. The van der Waals surface area contributed by atoms with E-state index in [1.54, 1.807) is 16.9 Å². The number of halogens is 1. The first-order valence-corrected chi connectivity index (χ1v) is 10.4. The summed E-state index contributed by atoms with van der Waals surface area (Å²) in [5.41, 5.74) is 7.10. The van der Waals surface area contributed by atoms with Gasteiger partial charge in [-0.15, -0.1) is 0 Å². The van der Waals surface area contributed by atoms with Gasteiger partial charge in [-0.2, -0.15) is 5.10 Å². The molecule has 166 valence electrons. The number of rotatable bonds is 8. The molecule has 1 atom stereocenters. The summed E-state index contributed by atoms with van der Waals surface area (Å²) < 4.78 is 27.4. The molecule has 3 aromatic rings. The topological polar surface area (TPSA) is 111 Å². The van der Waals surface area contributed by atoms with Crippen molar-refractivity contribution in [2.45, 2.75) is 31.9 Å². The van der Waals surface area contributed by atoms with Crippen molar-refractivity contribution < 1.29 is 18.7 Å². The number of fused-ring (bicyclic) bond motifs is 1. The number of carbonyl (C=O) groups excluding carboxylic acids is 1. The minimum atomic E-state index is -0.617. The molecule has 1 fully saturated rings. The Bertz CT molecular complexity index is 1070. The number of primary amides is 1. The molecule has 0 aliphatic carbocycles. The summed E-state index contributed by atoms with van der Waals surface area (Å²) in [7, 11) is 3.94. The monoisotopic (exact) mass is 430 g/mol. The smallest absolute Gasteiger partial charge is 0.252 e. The third-order valence-electron chi connectivity index (χ3n) is 5.22. The zero-order chi connectivity index (χ0) is 22.0. The summed E-state index contributed by atoms with van der Waals surface area (Å²) in [6.07, 6.45) is 4.94. The average molecular weight is 430 g/mol. The van der Waals surface area contributed by atoms with Crippen LogP contribution in [0.1, 0.15) is 42.3 Å². The third kappa shape index (κ3) is 4.70. The zero-order valence-corrected chi connectivity index (χ0v) is 17.7. The molecule has 31 heavy (non-hydrogen) atoms. The second kappa shape index (κ2) is 9.03. The molecule has 0 saturated carbocycles. The standard InChI is InChI=1S/C21H27FN6O3/c1-27(2)7-5-9-30-17-11-16-15(10-14(17)22)24-21(25-16)19-13(20(23)29)12-28(26-19)18-6-3-4-8-31-18/h10-12,18H,3-9H2,1-2H3,(H2,23,29)(H,24,25). The first-order valence-electron chi connectivity index (χ1n) is 10.4. The number of ether oxygens (including phenoxy) is 2. The molecule has 1 amide bonds. The van der Waals surface area contributed by atoms with Crippen LogP contribution in [0.15, 0.2) is 18.3 Å². The van der Waals surface area contributed by atoms with Crippen molar-refractivity contribution in [2.24, 2.45) is 5.73 Å². The average Bonchev–Trinajstić information content (AvgIpc) is 3.36. The van der Waals surface area contributed by atoms with Gasteiger partial charge in [-0.3, -0.25) is 4.79 Å². The Morgan fingerprint density at radius 2 is 2.26 bits per heavy atom. The van der Waals surface area contributed by atoms with Gasteiger partial charge < -0.3 is 25.1 Å². The minimum Gasteiger partial charge on any atom is -0.490 e. The van der Waals surface area contributed by atoms with E-state index in [4.69, 9.17) is 15.2 Å². The summed E-state index contributed by atoms with van der Waals surface area (Å²) in [6.45, 7) is 1.89. The van der Waals surface area contributed by atoms with E-state index in [0.29, 0.717) is 35.8 Å². The number of amides is 1. The second-order valence-corrected chi connectivity index (χ2v) is 7.95. The van der Waals surface area contributed by atoms with Crippen LogP contribution in [0.3, 0.4) is 0 Å². The lowest BCUT2D eigenvalue weighted by Crippen LogP contribution is -2.18. The van der Waals surface area contributed by atoms with Crippen molar-refractivity contribution >= 4 is 16.9 Å². The van der Waals surface area contributed by atoms with E-state index < -0.39 is 11.7 Å². The van der Waals surface area contributed by atoms with E-state index >= 15 is 0 Å². The Morgan fingerprint density at radius 1 is 1.42 bits per heavy atom. The highest BCUT2D eigenvalue weighted by Gasteiger charge is 2.24. The number of carbonyl (C=O) groups is 1. The lowest BCUT2D eigenvalue weighted by molar-refractivity contribution is -0.0393. The van der Waals surface area contributed by atoms with Gasteiger partial charge in [0.2, 0.25) is 0 Å². The fraction of sp³-hybridized carbons (Fsp3) is 0.476. The number of hydrogen-bond donors (Lipinski definition) is 2. The number of nitrogens with one attached hydrogen (secondary N) is 1. The van der Waals surface area contributed by atoms with Gasteiger partial charge in [0.1, 0.15) is 11.9 Å². The Morgan fingerprint density at radius 3 is 2.97 bits per heavy atom. The molecule has 0 spiro atoms. The van der Waals surface area contributed by atoms with Gasteiger partial charge in [-0.25, -0.2) is 14.1 Å². The molecule has 1 aliphatic rings. The normalized spacial score (nSPS) is 16.8. The molecule has 0 radical (unpaired) electrons. The number of aromatic nitrogens is 4. The van der Waals surface area contributed by atoms with Crippen LogP contribution < -0.4 is 10.5 Å². The first-order chi connectivity index (χ1) is 14.9. The van der Waals surface area contributed by atoms with Crippen LogP contribution >= 0.6 is 0 Å². The Hall–Kier alpha value is -2.98. The minimum absolute atomic E-state index is 0.139. The molecule has 3 heterocycles. The molecular weight excluding hydrogens is 403 g/mol. The third-order valence-corrected chi connectivity index (χ3v) is 5.22. The van der Waals surface area contributed by atoms with Gasteiger partial charge in [0.05, 0.1) is 23.2 Å². The highest BCUT2D eigenvalue weighted by molar-refractivity contribution is 5.98. The van der Waals surface area contributed by atoms with E-state index in [1.165, 1.54) is 6.07 Å². The van der Waals surface area contributed by atoms with Gasteiger partial charge >= 0.3 is 0 Å². The van der Waals surface area contributed by atoms with Crippen LogP contribution in [0.2, 0.25) is 0 Å². The summed E-state index contributed by atoms with van der Waals surface area (Å²) in [4.78, 5) is 21.6. The van der Waals surface area contributed by atoms with Crippen molar-refractivity contribution in [1.29, 1.82) is 0 Å². The van der Waals surface area contributed by atoms with E-state index in [0.717, 1.165) is 32.2 Å². The van der Waals surface area contributed by atoms with Crippen LogP contribution in [-0.4, -0.2) is 64.4 Å². The predicted molar refractivity (Wildman–Crippen MR) is 113 cm³/mol. The number of aromatic amines is 1. The highest BCUT2D eigenvalue weighted by Crippen LogP contribution is 2.29. The molecule has 1 aromatic carbocycles. The maximum Gasteiger partial charge on any atom is 0.252 e. The van der Waals surface area contributed by atoms with Crippen molar-refractivity contribution in [1.82, 2.24) is 24.6 Å². The lowest BCUT2D eigenvalue weighted by atomic mass is 10.2. The van der Waals surface area contributed by atoms with Gasteiger partial charge in [0, 0.05) is 31.5 Å². The Balaban J connectivity index is 1.62. The summed E-state index contributed by atoms with van der Waals surface area (Å²) in [6, 6.07) is 2.88. The first kappa shape index (κ1) is 21.3. The predicted octanol–water partition coefficient (Wildman–Crippen LogP) is 2.69. The van der Waals surface area contributed by atoms with E-state index in [1.807, 2.05) is 19.0 Å². The van der Waals surface area contributed by atoms with E-state index in [2.05, 4.69) is 15.1 Å². The highest BCUT2D eigenvalue weighted by atomic mass is 19.1. The molecule has 4 rings (SSSR count). The van der Waals surface area contributed by atoms with Crippen molar-refractivity contribution in [3.8, 4) is 17.3 Å². The largest absolute Gasteiger partial charge is 0.490 e. The molecular formula is C21H27FN6O3.